The van der Waals surface area contributed by atoms with Crippen LogP contribution in [-0.4, -0.2) is 39.9 Å². The zero-order chi connectivity index (χ0) is 23.7. The second kappa shape index (κ2) is 11.7. The van der Waals surface area contributed by atoms with Gasteiger partial charge in [0.2, 0.25) is 5.91 Å². The Balaban J connectivity index is 1.53. The number of ether oxygens (including phenoxy) is 1. The lowest BCUT2D eigenvalue weighted by molar-refractivity contribution is -0.125. The van der Waals surface area contributed by atoms with Gasteiger partial charge in [-0.25, -0.2) is 8.42 Å². The van der Waals surface area contributed by atoms with Crippen molar-refractivity contribution in [1.82, 2.24) is 10.6 Å². The maximum Gasteiger partial charge on any atom is 0.261 e. The quantitative estimate of drug-likeness (QED) is 0.458. The third kappa shape index (κ3) is 7.21. The molecule has 0 atom stereocenters. The van der Waals surface area contributed by atoms with E-state index in [2.05, 4.69) is 15.4 Å². The first kappa shape index (κ1) is 24.6. The molecule has 0 radical (unpaired) electrons. The van der Waals surface area contributed by atoms with Crippen LogP contribution in [-0.2, 0) is 14.8 Å². The predicted octanol–water partition coefficient (Wildman–Crippen LogP) is 3.31. The van der Waals surface area contributed by atoms with E-state index in [4.69, 9.17) is 4.74 Å². The summed E-state index contributed by atoms with van der Waals surface area (Å²) in [6, 6.07) is 12.4. The number of hydrogen-bond acceptors (Lipinski definition) is 5. The molecule has 33 heavy (non-hydrogen) atoms. The van der Waals surface area contributed by atoms with Gasteiger partial charge in [0.05, 0.1) is 11.5 Å². The van der Waals surface area contributed by atoms with Crippen LogP contribution in [0.1, 0.15) is 49.4 Å². The van der Waals surface area contributed by atoms with Crippen LogP contribution in [0.2, 0.25) is 0 Å². The van der Waals surface area contributed by atoms with Crippen LogP contribution in [0.25, 0.3) is 0 Å². The van der Waals surface area contributed by atoms with Crippen LogP contribution in [0.15, 0.2) is 53.4 Å². The zero-order valence-corrected chi connectivity index (χ0v) is 19.6. The van der Waals surface area contributed by atoms with Gasteiger partial charge in [-0.05, 0) is 62.2 Å². The average molecular weight is 474 g/mol. The largest absolute Gasteiger partial charge is 0.494 e. The maximum absolute atomic E-state index is 12.8. The number of hydrogen-bond donors (Lipinski definition) is 3. The number of carbonyl (C=O) groups is 2. The molecule has 0 bridgehead atoms. The lowest BCUT2D eigenvalue weighted by Crippen LogP contribution is -2.38. The zero-order valence-electron chi connectivity index (χ0n) is 18.8. The van der Waals surface area contributed by atoms with Crippen molar-refractivity contribution >= 4 is 27.5 Å². The number of rotatable bonds is 10. The fourth-order valence-electron chi connectivity index (χ4n) is 3.78. The van der Waals surface area contributed by atoms with Gasteiger partial charge >= 0.3 is 0 Å². The number of nitrogens with one attached hydrogen (secondary N) is 3. The Kier molecular flexibility index (Phi) is 8.71. The predicted molar refractivity (Wildman–Crippen MR) is 127 cm³/mol. The van der Waals surface area contributed by atoms with E-state index in [9.17, 15) is 18.0 Å². The lowest BCUT2D eigenvalue weighted by Gasteiger charge is -2.20. The van der Waals surface area contributed by atoms with Crippen molar-refractivity contribution < 1.29 is 22.7 Å². The fraction of sp³-hybridized carbons (Fsp3) is 0.417. The molecule has 3 rings (SSSR count). The molecule has 2 aromatic rings. The van der Waals surface area contributed by atoms with Crippen LogP contribution in [0, 0.1) is 5.92 Å². The highest BCUT2D eigenvalue weighted by Gasteiger charge is 2.20. The minimum atomic E-state index is -3.87. The molecule has 8 nitrogen and oxygen atoms in total. The fourth-order valence-corrected chi connectivity index (χ4v) is 4.88. The van der Waals surface area contributed by atoms with Crippen molar-refractivity contribution in [2.45, 2.75) is 43.9 Å². The number of benzene rings is 2. The first-order valence-electron chi connectivity index (χ1n) is 11.3. The molecular formula is C24H31N3O5S. The molecule has 0 unspecified atom stereocenters. The minimum absolute atomic E-state index is 0.0189. The minimum Gasteiger partial charge on any atom is -0.494 e. The van der Waals surface area contributed by atoms with Gasteiger partial charge in [-0.1, -0.05) is 25.3 Å². The Morgan fingerprint density at radius 3 is 2.36 bits per heavy atom. The van der Waals surface area contributed by atoms with E-state index >= 15 is 0 Å². The van der Waals surface area contributed by atoms with Gasteiger partial charge < -0.3 is 15.4 Å². The van der Waals surface area contributed by atoms with E-state index in [-0.39, 0.29) is 28.8 Å². The molecule has 9 heteroatoms. The third-order valence-electron chi connectivity index (χ3n) is 5.51. The van der Waals surface area contributed by atoms with Gasteiger partial charge in [0.1, 0.15) is 5.75 Å². The Labute approximate surface area is 195 Å². The van der Waals surface area contributed by atoms with Gasteiger partial charge in [0.25, 0.3) is 15.9 Å². The van der Waals surface area contributed by atoms with E-state index in [1.54, 1.807) is 30.3 Å². The number of sulfonamides is 1. The average Bonchev–Trinajstić information content (AvgIpc) is 2.83. The number of anilines is 1. The normalized spacial score (nSPS) is 14.3. The van der Waals surface area contributed by atoms with Crippen LogP contribution in [0.3, 0.4) is 0 Å². The summed E-state index contributed by atoms with van der Waals surface area (Å²) in [7, 11) is -3.87. The van der Waals surface area contributed by atoms with Crippen LogP contribution in [0.4, 0.5) is 5.69 Å². The summed E-state index contributed by atoms with van der Waals surface area (Å²) in [5, 5.41) is 5.59. The molecule has 0 aromatic heterocycles. The Morgan fingerprint density at radius 2 is 1.67 bits per heavy atom. The van der Waals surface area contributed by atoms with Gasteiger partial charge in [-0.2, -0.15) is 0 Å². The Bertz CT molecular complexity index is 1050. The molecule has 0 saturated heterocycles. The molecule has 1 aliphatic rings. The van der Waals surface area contributed by atoms with Crippen molar-refractivity contribution in [3.63, 3.8) is 0 Å². The van der Waals surface area contributed by atoms with Crippen molar-refractivity contribution in [2.24, 2.45) is 5.92 Å². The van der Waals surface area contributed by atoms with Crippen molar-refractivity contribution in [1.29, 1.82) is 0 Å². The molecular weight excluding hydrogens is 442 g/mol. The van der Waals surface area contributed by atoms with E-state index in [1.165, 1.54) is 24.6 Å². The molecule has 178 valence electrons. The highest BCUT2D eigenvalue weighted by atomic mass is 32.2. The van der Waals surface area contributed by atoms with E-state index in [0.717, 1.165) is 25.7 Å². The van der Waals surface area contributed by atoms with Crippen LogP contribution >= 0.6 is 0 Å². The molecule has 1 aliphatic carbocycles. The third-order valence-corrected chi connectivity index (χ3v) is 6.89. The summed E-state index contributed by atoms with van der Waals surface area (Å²) in [5.74, 6) is 0.352. The lowest BCUT2D eigenvalue weighted by atomic mass is 9.89. The van der Waals surface area contributed by atoms with Gasteiger partial charge in [-0.15, -0.1) is 0 Å². The highest BCUT2D eigenvalue weighted by molar-refractivity contribution is 7.92. The van der Waals surface area contributed by atoms with Gasteiger partial charge in [-0.3, -0.25) is 14.3 Å². The first-order valence-corrected chi connectivity index (χ1v) is 12.8. The second-order valence-corrected chi connectivity index (χ2v) is 9.65. The van der Waals surface area contributed by atoms with E-state index < -0.39 is 15.9 Å². The van der Waals surface area contributed by atoms with Crippen molar-refractivity contribution in [3.8, 4) is 5.75 Å². The summed E-state index contributed by atoms with van der Waals surface area (Å²) < 4.78 is 33.4. The molecule has 2 amide bonds. The first-order chi connectivity index (χ1) is 15.9. The number of carbonyl (C=O) groups excluding carboxylic acids is 2. The summed E-state index contributed by atoms with van der Waals surface area (Å²) in [6.07, 6.45) is 5.20. The van der Waals surface area contributed by atoms with Gasteiger partial charge in [0.15, 0.2) is 0 Å². The summed E-state index contributed by atoms with van der Waals surface area (Å²) in [6.45, 7) is 2.98. The monoisotopic (exact) mass is 473 g/mol. The Morgan fingerprint density at radius 1 is 0.970 bits per heavy atom. The summed E-state index contributed by atoms with van der Waals surface area (Å²) in [5.41, 5.74) is 0.616. The summed E-state index contributed by atoms with van der Waals surface area (Å²) >= 11 is 0. The maximum atomic E-state index is 12.8. The van der Waals surface area contributed by atoms with E-state index in [0.29, 0.717) is 24.6 Å². The Hall–Kier alpha value is -3.07. The number of amides is 2. The van der Waals surface area contributed by atoms with Gasteiger partial charge in [0, 0.05) is 30.3 Å². The standard InChI is InChI=1S/C24H31N3O5S/c1-2-32-21-13-11-20(12-14-21)27-33(30,31)22-10-6-9-19(17-22)24(29)26-16-15-25-23(28)18-7-4-3-5-8-18/h6,9-14,17-18,27H,2-5,7-8,15-16H2,1H3,(H,25,28)(H,26,29). The molecule has 1 fully saturated rings. The van der Waals surface area contributed by atoms with Crippen LogP contribution in [0.5, 0.6) is 5.75 Å². The van der Waals surface area contributed by atoms with E-state index in [1.807, 2.05) is 6.92 Å². The molecule has 0 spiro atoms. The van der Waals surface area contributed by atoms with Crippen molar-refractivity contribution in [2.75, 3.05) is 24.4 Å². The molecule has 0 heterocycles. The molecule has 0 aliphatic heterocycles. The smallest absolute Gasteiger partial charge is 0.261 e. The molecule has 3 N–H and O–H groups in total. The second-order valence-electron chi connectivity index (χ2n) is 7.97. The molecule has 1 saturated carbocycles. The SMILES string of the molecule is CCOc1ccc(NS(=O)(=O)c2cccc(C(=O)NCCNC(=O)C3CCCCC3)c2)cc1. The summed E-state index contributed by atoms with van der Waals surface area (Å²) in [4.78, 5) is 24.6. The van der Waals surface area contributed by atoms with Crippen molar-refractivity contribution in [3.05, 3.63) is 54.1 Å². The highest BCUT2D eigenvalue weighted by Crippen LogP contribution is 2.23. The topological polar surface area (TPSA) is 114 Å². The van der Waals surface area contributed by atoms with Crippen LogP contribution < -0.4 is 20.1 Å². The molecule has 2 aromatic carbocycles.